The molecule has 0 saturated heterocycles. The third-order valence-electron chi connectivity index (χ3n) is 5.90. The molecule has 1 fully saturated rings. The van der Waals surface area contributed by atoms with Crippen molar-refractivity contribution >= 4 is 22.5 Å². The maximum Gasteiger partial charge on any atom is 0.261 e. The van der Waals surface area contributed by atoms with Crippen LogP contribution < -0.4 is 21.6 Å². The van der Waals surface area contributed by atoms with Crippen molar-refractivity contribution in [2.75, 3.05) is 11.5 Å². The van der Waals surface area contributed by atoms with E-state index in [1.54, 1.807) is 24.4 Å². The largest absolute Gasteiger partial charge is 0.369 e. The maximum atomic E-state index is 13.2. The van der Waals surface area contributed by atoms with E-state index in [9.17, 15) is 4.79 Å². The van der Waals surface area contributed by atoms with Gasteiger partial charge in [0.25, 0.3) is 5.56 Å². The molecule has 1 aromatic carbocycles. The van der Waals surface area contributed by atoms with E-state index in [4.69, 9.17) is 16.5 Å². The molecule has 0 amide bonds. The van der Waals surface area contributed by atoms with Gasteiger partial charge < -0.3 is 11.5 Å². The molecule has 10 nitrogen and oxygen atoms in total. The standard InChI is InChI=1S/C22H25N9O/c1-13-5-3-6-15-17(13)22(32)31(14-8-9-14)16(27-15)7-4-10-30-12-25-19(23)18(20(30)24)21-26-11-29(2)28-21/h3,5-6,11-12,14H,4,7-10H2,1-2H3,(H3,23,24,28)/p+1. The number of nitrogens with zero attached hydrogens (tertiary/aromatic N) is 7. The number of rotatable bonds is 6. The minimum atomic E-state index is 0.0652. The molecule has 0 spiro atoms. The van der Waals surface area contributed by atoms with Gasteiger partial charge in [0, 0.05) is 19.5 Å². The van der Waals surface area contributed by atoms with E-state index in [0.29, 0.717) is 36.0 Å². The fourth-order valence-electron chi connectivity index (χ4n) is 4.14. The number of aromatic nitrogens is 7. The summed E-state index contributed by atoms with van der Waals surface area (Å²) in [5.74, 6) is 2.02. The van der Waals surface area contributed by atoms with Gasteiger partial charge >= 0.3 is 0 Å². The highest BCUT2D eigenvalue weighted by Gasteiger charge is 2.28. The van der Waals surface area contributed by atoms with Crippen LogP contribution in [0.15, 0.2) is 35.6 Å². The molecule has 3 aromatic heterocycles. The number of hydrogen-bond acceptors (Lipinski definition) is 7. The number of anilines is 2. The van der Waals surface area contributed by atoms with Gasteiger partial charge in [0.2, 0.25) is 18.0 Å². The van der Waals surface area contributed by atoms with Gasteiger partial charge in [-0.25, -0.2) is 14.5 Å². The van der Waals surface area contributed by atoms with Gasteiger partial charge in [0.15, 0.2) is 11.4 Å². The van der Waals surface area contributed by atoms with E-state index in [-0.39, 0.29) is 11.6 Å². The van der Waals surface area contributed by atoms with Gasteiger partial charge in [-0.2, -0.15) is 5.10 Å². The average molecular weight is 433 g/mol. The molecule has 164 valence electrons. The lowest BCUT2D eigenvalue weighted by atomic mass is 10.1. The van der Waals surface area contributed by atoms with Gasteiger partial charge in [-0.15, -0.1) is 0 Å². The summed E-state index contributed by atoms with van der Waals surface area (Å²) in [5.41, 5.74) is 14.8. The summed E-state index contributed by atoms with van der Waals surface area (Å²) in [5, 5.41) is 5.02. The van der Waals surface area contributed by atoms with Crippen molar-refractivity contribution in [1.29, 1.82) is 0 Å². The first-order valence-corrected chi connectivity index (χ1v) is 10.7. The molecule has 1 saturated carbocycles. The minimum absolute atomic E-state index is 0.0652. The Balaban J connectivity index is 1.43. The van der Waals surface area contributed by atoms with Crippen LogP contribution in [0.3, 0.4) is 0 Å². The van der Waals surface area contributed by atoms with Crippen LogP contribution in [-0.4, -0.2) is 29.3 Å². The number of nitrogens with two attached hydrogens (primary N) is 2. The van der Waals surface area contributed by atoms with E-state index < -0.39 is 0 Å². The Morgan fingerprint density at radius 1 is 1.22 bits per heavy atom. The van der Waals surface area contributed by atoms with E-state index in [1.807, 2.05) is 34.3 Å². The van der Waals surface area contributed by atoms with Crippen molar-refractivity contribution in [3.05, 3.63) is 52.6 Å². The first kappa shape index (κ1) is 20.1. The van der Waals surface area contributed by atoms with Gasteiger partial charge in [0.05, 0.1) is 17.4 Å². The van der Waals surface area contributed by atoms with Crippen molar-refractivity contribution in [3.8, 4) is 11.4 Å². The van der Waals surface area contributed by atoms with Gasteiger partial charge in [-0.3, -0.25) is 14.0 Å². The van der Waals surface area contributed by atoms with Crippen LogP contribution in [0.2, 0.25) is 0 Å². The maximum absolute atomic E-state index is 13.2. The van der Waals surface area contributed by atoms with E-state index in [1.165, 1.54) is 0 Å². The lowest BCUT2D eigenvalue weighted by Crippen LogP contribution is -2.39. The topological polar surface area (TPSA) is 134 Å². The molecule has 0 radical (unpaired) electrons. The monoisotopic (exact) mass is 432 g/mol. The fourth-order valence-corrected chi connectivity index (χ4v) is 4.14. The number of nitrogen functional groups attached to an aromatic ring is 2. The molecule has 10 heteroatoms. The quantitative estimate of drug-likeness (QED) is 0.439. The summed E-state index contributed by atoms with van der Waals surface area (Å²) in [6, 6.07) is 6.07. The third-order valence-corrected chi connectivity index (χ3v) is 5.90. The van der Waals surface area contributed by atoms with Gasteiger partial charge in [-0.1, -0.05) is 17.1 Å². The second-order valence-corrected chi connectivity index (χ2v) is 8.33. The summed E-state index contributed by atoms with van der Waals surface area (Å²) in [6.07, 6.45) is 6.67. The third kappa shape index (κ3) is 3.47. The summed E-state index contributed by atoms with van der Waals surface area (Å²) in [4.78, 5) is 26.6. The smallest absolute Gasteiger partial charge is 0.261 e. The van der Waals surface area contributed by atoms with E-state index >= 15 is 0 Å². The first-order valence-electron chi connectivity index (χ1n) is 10.7. The molecule has 0 atom stereocenters. The van der Waals surface area contributed by atoms with Crippen molar-refractivity contribution in [3.63, 3.8) is 0 Å². The van der Waals surface area contributed by atoms with E-state index in [2.05, 4.69) is 15.1 Å². The Kier molecular flexibility index (Phi) is 4.84. The number of benzene rings is 1. The molecule has 1 aliphatic rings. The van der Waals surface area contributed by atoms with Crippen LogP contribution in [0.1, 0.15) is 36.7 Å². The molecular weight excluding hydrogens is 406 g/mol. The van der Waals surface area contributed by atoms with Crippen LogP contribution in [-0.2, 0) is 20.0 Å². The Hall–Kier alpha value is -3.82. The summed E-state index contributed by atoms with van der Waals surface area (Å²) < 4.78 is 5.33. The van der Waals surface area contributed by atoms with Crippen molar-refractivity contribution in [2.24, 2.45) is 7.05 Å². The molecule has 0 aliphatic heterocycles. The minimum Gasteiger partial charge on any atom is -0.369 e. The number of fused-ring (bicyclic) bond motifs is 1. The van der Waals surface area contributed by atoms with Gasteiger partial charge in [-0.05, 0) is 37.8 Å². The number of aryl methyl sites for hydroxylation is 4. The zero-order valence-electron chi connectivity index (χ0n) is 18.2. The zero-order chi connectivity index (χ0) is 22.4. The van der Waals surface area contributed by atoms with Crippen LogP contribution in [0.4, 0.5) is 11.6 Å². The molecule has 3 heterocycles. The average Bonchev–Trinajstić information content (AvgIpc) is 3.50. The van der Waals surface area contributed by atoms with E-state index in [0.717, 1.165) is 41.6 Å². The Labute approximate surface area is 184 Å². The van der Waals surface area contributed by atoms with Gasteiger partial charge in [0.1, 0.15) is 12.2 Å². The van der Waals surface area contributed by atoms with Crippen LogP contribution in [0, 0.1) is 6.92 Å². The molecular formula is C22H26N9O+. The highest BCUT2D eigenvalue weighted by atomic mass is 16.1. The highest BCUT2D eigenvalue weighted by molar-refractivity contribution is 5.81. The fraction of sp³-hybridized carbons (Fsp3) is 0.364. The molecule has 4 aromatic rings. The van der Waals surface area contributed by atoms with Crippen LogP contribution in [0.25, 0.3) is 22.3 Å². The molecule has 32 heavy (non-hydrogen) atoms. The Morgan fingerprint density at radius 3 is 2.75 bits per heavy atom. The predicted molar refractivity (Wildman–Crippen MR) is 121 cm³/mol. The van der Waals surface area contributed by atoms with Crippen molar-refractivity contribution in [2.45, 2.75) is 45.2 Å². The predicted octanol–water partition coefficient (Wildman–Crippen LogP) is 1.32. The second kappa shape index (κ2) is 7.70. The Bertz CT molecular complexity index is 1380. The summed E-state index contributed by atoms with van der Waals surface area (Å²) >= 11 is 0. The van der Waals surface area contributed by atoms with Crippen molar-refractivity contribution < 1.29 is 4.57 Å². The second-order valence-electron chi connectivity index (χ2n) is 8.33. The molecule has 5 rings (SSSR count). The summed E-state index contributed by atoms with van der Waals surface area (Å²) in [7, 11) is 1.78. The normalized spacial score (nSPS) is 13.7. The Morgan fingerprint density at radius 2 is 2.03 bits per heavy atom. The lowest BCUT2D eigenvalue weighted by molar-refractivity contribution is -0.685. The lowest BCUT2D eigenvalue weighted by Gasteiger charge is -2.14. The summed E-state index contributed by atoms with van der Waals surface area (Å²) in [6.45, 7) is 2.56. The molecule has 0 bridgehead atoms. The van der Waals surface area contributed by atoms with Crippen molar-refractivity contribution in [1.82, 2.24) is 29.3 Å². The van der Waals surface area contributed by atoms with Crippen LogP contribution in [0.5, 0.6) is 0 Å². The first-order chi connectivity index (χ1) is 15.4. The SMILES string of the molecule is Cc1cccc2nc(CCC[n+]3cnc(N)c(-c4ncn(C)n4)c3N)n(C3CC3)c(=O)c12. The molecule has 0 unspecified atom stereocenters. The highest BCUT2D eigenvalue weighted by Crippen LogP contribution is 2.35. The molecule has 1 aliphatic carbocycles. The number of hydrogen-bond donors (Lipinski definition) is 2. The molecule has 4 N–H and O–H groups in total. The zero-order valence-corrected chi connectivity index (χ0v) is 18.2. The van der Waals surface area contributed by atoms with Crippen LogP contribution >= 0.6 is 0 Å².